The van der Waals surface area contributed by atoms with Crippen LogP contribution in [0, 0.1) is 0 Å². The van der Waals surface area contributed by atoms with Gasteiger partial charge in [-0.2, -0.15) is 20.1 Å². The lowest BCUT2D eigenvalue weighted by atomic mass is 10.0. The number of hydrogen-bond donors (Lipinski definition) is 4. The van der Waals surface area contributed by atoms with Crippen LogP contribution in [0.4, 0.5) is 28.5 Å². The molecule has 2 aromatic heterocycles. The summed E-state index contributed by atoms with van der Waals surface area (Å²) >= 11 is 0. The van der Waals surface area contributed by atoms with Crippen LogP contribution in [-0.2, 0) is 12.1 Å². The van der Waals surface area contributed by atoms with Crippen molar-refractivity contribution in [3.8, 4) is 0 Å². The van der Waals surface area contributed by atoms with Crippen molar-refractivity contribution < 1.29 is 9.90 Å². The third-order valence-corrected chi connectivity index (χ3v) is 8.13. The van der Waals surface area contributed by atoms with Gasteiger partial charge in [0.05, 0.1) is 30.4 Å². The van der Waals surface area contributed by atoms with Gasteiger partial charge in [0.25, 0.3) is 0 Å². The number of aromatic amines is 1. The second kappa shape index (κ2) is 9.67. The van der Waals surface area contributed by atoms with Crippen LogP contribution in [0.25, 0.3) is 0 Å². The first-order chi connectivity index (χ1) is 18.8. The number of rotatable bonds is 7. The molecule has 12 nitrogen and oxygen atoms in total. The van der Waals surface area contributed by atoms with E-state index >= 15 is 0 Å². The van der Waals surface area contributed by atoms with E-state index in [0.717, 1.165) is 37.1 Å². The average Bonchev–Trinajstić information content (AvgIpc) is 3.23. The van der Waals surface area contributed by atoms with Gasteiger partial charge in [0, 0.05) is 38.2 Å². The van der Waals surface area contributed by atoms with Gasteiger partial charge >= 0.3 is 6.03 Å². The maximum absolute atomic E-state index is 13.4. The number of aliphatic hydroxyl groups is 1. The molecular formula is C27H36N10O2. The number of carbonyl (C=O) groups excluding carboxylic acids is 1. The monoisotopic (exact) mass is 532 g/mol. The summed E-state index contributed by atoms with van der Waals surface area (Å²) in [7, 11) is 3.76. The Hall–Kier alpha value is -3.93. The third-order valence-electron chi connectivity index (χ3n) is 8.13. The topological polar surface area (TPSA) is 138 Å². The molecule has 0 bridgehead atoms. The molecule has 206 valence electrons. The zero-order valence-corrected chi connectivity index (χ0v) is 22.8. The fraction of sp³-hybridized carbons (Fsp3) is 0.519. The smallest absolute Gasteiger partial charge is 0.318 e. The minimum atomic E-state index is -0.563. The second-order valence-corrected chi connectivity index (χ2v) is 11.3. The molecule has 1 aliphatic carbocycles. The van der Waals surface area contributed by atoms with Crippen LogP contribution in [0.3, 0.4) is 0 Å². The van der Waals surface area contributed by atoms with Crippen LogP contribution >= 0.6 is 0 Å². The minimum absolute atomic E-state index is 0.00859. The van der Waals surface area contributed by atoms with E-state index in [1.165, 1.54) is 5.56 Å². The largest absolute Gasteiger partial charge is 0.394 e. The summed E-state index contributed by atoms with van der Waals surface area (Å²) in [4.78, 5) is 33.0. The SMILES string of the molecule is CN(C)c1nc(Nc2n[nH]c3c2CN(C(=O)NC2C[C@@H]2c2ccccc2)C3(C)C)nc(N2CCC[C@H]2CO)n1. The van der Waals surface area contributed by atoms with E-state index in [2.05, 4.69) is 47.9 Å². The van der Waals surface area contributed by atoms with Gasteiger partial charge < -0.3 is 30.4 Å². The molecular weight excluding hydrogens is 496 g/mol. The molecule has 3 atom stereocenters. The number of aliphatic hydroxyl groups excluding tert-OH is 1. The summed E-state index contributed by atoms with van der Waals surface area (Å²) in [5.74, 6) is 2.35. The van der Waals surface area contributed by atoms with Gasteiger partial charge in [-0.3, -0.25) is 5.10 Å². The highest BCUT2D eigenvalue weighted by molar-refractivity contribution is 5.78. The Kier molecular flexibility index (Phi) is 6.29. The van der Waals surface area contributed by atoms with Gasteiger partial charge in [-0.05, 0) is 38.7 Å². The maximum atomic E-state index is 13.4. The van der Waals surface area contributed by atoms with Crippen molar-refractivity contribution in [2.75, 3.05) is 42.4 Å². The predicted octanol–water partition coefficient (Wildman–Crippen LogP) is 2.68. The maximum Gasteiger partial charge on any atom is 0.318 e. The van der Waals surface area contributed by atoms with E-state index in [4.69, 9.17) is 0 Å². The van der Waals surface area contributed by atoms with Gasteiger partial charge in [-0.1, -0.05) is 30.3 Å². The second-order valence-electron chi connectivity index (χ2n) is 11.3. The fourth-order valence-corrected chi connectivity index (χ4v) is 5.74. The molecule has 39 heavy (non-hydrogen) atoms. The number of hydrogen-bond acceptors (Lipinski definition) is 9. The molecule has 3 aliphatic rings. The summed E-state index contributed by atoms with van der Waals surface area (Å²) in [5.41, 5.74) is 2.50. The zero-order chi connectivity index (χ0) is 27.3. The molecule has 0 radical (unpaired) electrons. The molecule has 12 heteroatoms. The van der Waals surface area contributed by atoms with Gasteiger partial charge in [0.1, 0.15) is 0 Å². The first-order valence-corrected chi connectivity index (χ1v) is 13.5. The van der Waals surface area contributed by atoms with Gasteiger partial charge in [-0.15, -0.1) is 0 Å². The van der Waals surface area contributed by atoms with E-state index in [1.54, 1.807) is 0 Å². The van der Waals surface area contributed by atoms with Crippen LogP contribution in [0.5, 0.6) is 0 Å². The molecule has 1 saturated carbocycles. The highest BCUT2D eigenvalue weighted by atomic mass is 16.3. The molecule has 2 amide bonds. The Balaban J connectivity index is 1.20. The minimum Gasteiger partial charge on any atom is -0.394 e. The number of amides is 2. The lowest BCUT2D eigenvalue weighted by molar-refractivity contribution is 0.142. The number of aromatic nitrogens is 5. The van der Waals surface area contributed by atoms with Gasteiger partial charge in [-0.25, -0.2) is 4.79 Å². The Labute approximate surface area is 227 Å². The molecule has 4 heterocycles. The standard InChI is InChI=1S/C27H36N10O2/c1-27(2)21-19(14-37(27)26(39)28-20-13-18(20)16-9-6-5-7-10-16)22(34-33-21)29-23-30-24(35(3)4)32-25(31-23)36-12-8-11-17(36)15-38/h5-7,9-10,17-18,20,38H,8,11-15H2,1-4H3,(H,28,39)(H2,29,30,31,32,33,34)/t17-,18+,20?/m0/s1. The van der Waals surface area contributed by atoms with Crippen molar-refractivity contribution in [2.45, 2.75) is 63.2 Å². The molecule has 4 N–H and O–H groups in total. The normalized spacial score (nSPS) is 23.1. The predicted molar refractivity (Wildman–Crippen MR) is 148 cm³/mol. The van der Waals surface area contributed by atoms with Crippen LogP contribution in [-0.4, -0.2) is 80.5 Å². The summed E-state index contributed by atoms with van der Waals surface area (Å²) < 4.78 is 0. The average molecular weight is 533 g/mol. The van der Waals surface area contributed by atoms with E-state index in [0.29, 0.717) is 36.1 Å². The molecule has 0 spiro atoms. The highest BCUT2D eigenvalue weighted by Gasteiger charge is 2.47. The molecule has 6 rings (SSSR count). The van der Waals surface area contributed by atoms with Crippen LogP contribution in [0.15, 0.2) is 30.3 Å². The van der Waals surface area contributed by atoms with E-state index in [-0.39, 0.29) is 24.7 Å². The number of nitrogens with zero attached hydrogens (tertiary/aromatic N) is 7. The molecule has 1 aromatic carbocycles. The number of carbonyl (C=O) groups is 1. The highest BCUT2D eigenvalue weighted by Crippen LogP contribution is 2.43. The lowest BCUT2D eigenvalue weighted by Crippen LogP contribution is -2.47. The van der Waals surface area contributed by atoms with E-state index in [1.807, 2.05) is 60.8 Å². The van der Waals surface area contributed by atoms with Crippen molar-refractivity contribution in [1.82, 2.24) is 35.4 Å². The van der Waals surface area contributed by atoms with Crippen molar-refractivity contribution in [3.05, 3.63) is 47.2 Å². The van der Waals surface area contributed by atoms with Gasteiger partial charge in [0.15, 0.2) is 5.82 Å². The number of H-pyrrole nitrogens is 1. The Morgan fingerprint density at radius 2 is 2.00 bits per heavy atom. The summed E-state index contributed by atoms with van der Waals surface area (Å²) in [6.45, 7) is 5.29. The Morgan fingerprint density at radius 1 is 1.21 bits per heavy atom. The molecule has 3 aromatic rings. The zero-order valence-electron chi connectivity index (χ0n) is 22.8. The Morgan fingerprint density at radius 3 is 2.74 bits per heavy atom. The van der Waals surface area contributed by atoms with Crippen molar-refractivity contribution in [2.24, 2.45) is 0 Å². The number of nitrogens with one attached hydrogen (secondary N) is 3. The van der Waals surface area contributed by atoms with Gasteiger partial charge in [0.2, 0.25) is 17.8 Å². The fourth-order valence-electron chi connectivity index (χ4n) is 5.74. The number of anilines is 4. The molecule has 2 fully saturated rings. The van der Waals surface area contributed by atoms with Crippen molar-refractivity contribution in [3.63, 3.8) is 0 Å². The summed E-state index contributed by atoms with van der Waals surface area (Å²) in [6, 6.07) is 10.4. The number of urea groups is 1. The van der Waals surface area contributed by atoms with E-state index < -0.39 is 5.54 Å². The van der Waals surface area contributed by atoms with Crippen LogP contribution in [0.2, 0.25) is 0 Å². The Bertz CT molecular complexity index is 1360. The first kappa shape index (κ1) is 25.4. The molecule has 1 unspecified atom stereocenters. The van der Waals surface area contributed by atoms with Crippen LogP contribution < -0.4 is 20.4 Å². The number of fused-ring (bicyclic) bond motifs is 1. The summed E-state index contributed by atoms with van der Waals surface area (Å²) in [6.07, 6.45) is 2.83. The van der Waals surface area contributed by atoms with Crippen molar-refractivity contribution in [1.29, 1.82) is 0 Å². The first-order valence-electron chi connectivity index (χ1n) is 13.5. The van der Waals surface area contributed by atoms with Crippen molar-refractivity contribution >= 4 is 29.7 Å². The quantitative estimate of drug-likeness (QED) is 0.362. The molecule has 1 saturated heterocycles. The van der Waals surface area contributed by atoms with E-state index in [9.17, 15) is 9.90 Å². The third kappa shape index (κ3) is 4.62. The lowest BCUT2D eigenvalue weighted by Gasteiger charge is -2.32. The van der Waals surface area contributed by atoms with Crippen LogP contribution in [0.1, 0.15) is 55.8 Å². The molecule has 2 aliphatic heterocycles. The summed E-state index contributed by atoms with van der Waals surface area (Å²) in [5, 5.41) is 24.0. The number of benzene rings is 1.